The topological polar surface area (TPSA) is 0 Å². The van der Waals surface area contributed by atoms with Crippen LogP contribution in [0.2, 0.25) is 12.1 Å². The molecule has 0 saturated carbocycles. The van der Waals surface area contributed by atoms with Crippen LogP contribution < -0.4 is 24.8 Å². The zero-order valence-corrected chi connectivity index (χ0v) is 25.7. The van der Waals surface area contributed by atoms with Crippen LogP contribution in [0.5, 0.6) is 0 Å². The first-order chi connectivity index (χ1) is 16.9. The predicted molar refractivity (Wildman–Crippen MR) is 149 cm³/mol. The van der Waals surface area contributed by atoms with Gasteiger partial charge in [-0.05, 0) is 21.5 Å². The van der Waals surface area contributed by atoms with Crippen LogP contribution in [-0.4, -0.2) is 9.52 Å². The maximum Gasteiger partial charge on any atom is 4.00 e. The summed E-state index contributed by atoms with van der Waals surface area (Å²) >= 11 is 0. The van der Waals surface area contributed by atoms with E-state index in [1.165, 1.54) is 71.8 Å². The maximum absolute atomic E-state index is 3.34. The van der Waals surface area contributed by atoms with Crippen molar-refractivity contribution in [3.63, 3.8) is 0 Å². The standard InChI is InChI=1S/2C15H11.C3H6Si.2ClH.Zr/c2*1-2-6-12(5-1)15-10-9-13-7-3-4-8-14(13)11-15;1-2-4-3-1;;;/h2*1,3-5,7-11H,2H2;1-3H2;2*1H;/q2*-1;;;;+4/p-2. The Morgan fingerprint density at radius 2 is 0.919 bits per heavy atom. The molecule has 2 radical (unpaired) electrons. The van der Waals surface area contributed by atoms with Crippen molar-refractivity contribution in [3.8, 4) is 0 Å². The van der Waals surface area contributed by atoms with E-state index in [9.17, 15) is 0 Å². The molecule has 7 rings (SSSR count). The molecule has 0 nitrogen and oxygen atoms in total. The fourth-order valence-corrected chi connectivity index (χ4v) is 4.45. The molecular weight excluding hydrogens is 587 g/mol. The molecule has 2 aliphatic carbocycles. The van der Waals surface area contributed by atoms with Gasteiger partial charge in [-0.1, -0.05) is 92.0 Å². The van der Waals surface area contributed by atoms with E-state index < -0.39 is 0 Å². The van der Waals surface area contributed by atoms with Crippen molar-refractivity contribution in [2.45, 2.75) is 31.4 Å². The summed E-state index contributed by atoms with van der Waals surface area (Å²) in [6, 6.07) is 33.1. The predicted octanol–water partition coefficient (Wildman–Crippen LogP) is 2.91. The average molecular weight is 615 g/mol. The number of fused-ring (bicyclic) bond motifs is 2. The van der Waals surface area contributed by atoms with Crippen molar-refractivity contribution in [3.05, 3.63) is 133 Å². The van der Waals surface area contributed by atoms with E-state index in [1.807, 2.05) is 0 Å². The minimum Gasteiger partial charge on any atom is -1.00 e. The Morgan fingerprint density at radius 1 is 0.541 bits per heavy atom. The van der Waals surface area contributed by atoms with Gasteiger partial charge in [-0.25, -0.2) is 0 Å². The van der Waals surface area contributed by atoms with Gasteiger partial charge in [0, 0.05) is 9.52 Å². The third-order valence-electron chi connectivity index (χ3n) is 6.22. The molecule has 182 valence electrons. The third kappa shape index (κ3) is 8.52. The smallest absolute Gasteiger partial charge is 1.00 e. The van der Waals surface area contributed by atoms with E-state index in [2.05, 4.69) is 121 Å². The molecule has 0 spiro atoms. The van der Waals surface area contributed by atoms with Gasteiger partial charge < -0.3 is 24.8 Å². The van der Waals surface area contributed by atoms with Crippen LogP contribution in [0.15, 0.2) is 109 Å². The monoisotopic (exact) mass is 612 g/mol. The van der Waals surface area contributed by atoms with E-state index >= 15 is 0 Å². The summed E-state index contributed by atoms with van der Waals surface area (Å²) in [5, 5.41) is 5.18. The van der Waals surface area contributed by atoms with Crippen LogP contribution in [0, 0.1) is 12.2 Å². The molecular formula is C33H28Cl2SiZr. The molecule has 4 aromatic rings. The third-order valence-corrected chi connectivity index (χ3v) is 7.63. The van der Waals surface area contributed by atoms with Gasteiger partial charge in [0.1, 0.15) is 0 Å². The first-order valence-corrected chi connectivity index (χ1v) is 13.5. The summed E-state index contributed by atoms with van der Waals surface area (Å²) in [6.45, 7) is 0. The van der Waals surface area contributed by atoms with Crippen molar-refractivity contribution < 1.29 is 51.0 Å². The molecule has 4 aromatic carbocycles. The summed E-state index contributed by atoms with van der Waals surface area (Å²) in [6.07, 6.45) is 18.7. The van der Waals surface area contributed by atoms with Gasteiger partial charge in [0.15, 0.2) is 0 Å². The summed E-state index contributed by atoms with van der Waals surface area (Å²) in [7, 11) is 1.32. The molecule has 1 aliphatic heterocycles. The first-order valence-electron chi connectivity index (χ1n) is 12.1. The van der Waals surface area contributed by atoms with Gasteiger partial charge in [-0.3, -0.25) is 0 Å². The van der Waals surface area contributed by atoms with Crippen molar-refractivity contribution in [2.24, 2.45) is 0 Å². The Labute approximate surface area is 255 Å². The Bertz CT molecular complexity index is 1310. The number of hydrogen-bond donors (Lipinski definition) is 0. The molecule has 0 atom stereocenters. The molecule has 0 unspecified atom stereocenters. The van der Waals surface area contributed by atoms with Gasteiger partial charge in [-0.15, -0.1) is 47.5 Å². The van der Waals surface area contributed by atoms with Gasteiger partial charge >= 0.3 is 26.2 Å². The Hall–Kier alpha value is -1.96. The molecule has 37 heavy (non-hydrogen) atoms. The molecule has 1 saturated heterocycles. The van der Waals surface area contributed by atoms with Gasteiger partial charge in [0.05, 0.1) is 0 Å². The van der Waals surface area contributed by atoms with E-state index in [0.29, 0.717) is 0 Å². The molecule has 3 aliphatic rings. The number of rotatable bonds is 2. The summed E-state index contributed by atoms with van der Waals surface area (Å²) in [4.78, 5) is 0. The molecule has 0 amide bonds. The minimum absolute atomic E-state index is 0. The second-order valence-electron chi connectivity index (χ2n) is 8.62. The van der Waals surface area contributed by atoms with Crippen LogP contribution in [0.1, 0.15) is 30.4 Å². The number of allylic oxidation sites excluding steroid dienone is 8. The fourth-order valence-electron chi connectivity index (χ4n) is 4.10. The fraction of sp³-hybridized carbons (Fsp3) is 0.152. The zero-order valence-electron chi connectivity index (χ0n) is 20.7. The largest absolute Gasteiger partial charge is 4.00 e. The van der Waals surface area contributed by atoms with Gasteiger partial charge in [0.2, 0.25) is 0 Å². The van der Waals surface area contributed by atoms with Crippen molar-refractivity contribution in [1.82, 2.24) is 0 Å². The Kier molecular flexibility index (Phi) is 13.6. The summed E-state index contributed by atoms with van der Waals surface area (Å²) in [5.74, 6) is 0. The summed E-state index contributed by atoms with van der Waals surface area (Å²) < 4.78 is 0. The average Bonchev–Trinajstić information content (AvgIpc) is 3.58. The van der Waals surface area contributed by atoms with Crippen molar-refractivity contribution in [2.75, 3.05) is 0 Å². The Morgan fingerprint density at radius 3 is 1.24 bits per heavy atom. The van der Waals surface area contributed by atoms with Crippen LogP contribution in [0.4, 0.5) is 0 Å². The van der Waals surface area contributed by atoms with Gasteiger partial charge in [0.25, 0.3) is 0 Å². The molecule has 4 heteroatoms. The van der Waals surface area contributed by atoms with Crippen LogP contribution in [0.3, 0.4) is 0 Å². The van der Waals surface area contributed by atoms with Crippen molar-refractivity contribution >= 4 is 42.2 Å². The normalized spacial score (nSPS) is 14.4. The molecule has 0 N–H and O–H groups in total. The minimum atomic E-state index is 0. The van der Waals surface area contributed by atoms with Crippen molar-refractivity contribution in [1.29, 1.82) is 0 Å². The van der Waals surface area contributed by atoms with Gasteiger partial charge in [-0.2, -0.15) is 35.5 Å². The van der Waals surface area contributed by atoms with Crippen LogP contribution >= 0.6 is 0 Å². The second-order valence-corrected chi connectivity index (χ2v) is 10.1. The molecule has 1 heterocycles. The number of halogens is 2. The first kappa shape index (κ1) is 31.3. The number of hydrogen-bond acceptors (Lipinski definition) is 0. The Balaban J connectivity index is 0.000000211. The van der Waals surface area contributed by atoms with Crippen LogP contribution in [0.25, 0.3) is 32.7 Å². The number of benzene rings is 4. The molecule has 1 fully saturated rings. The quantitative estimate of drug-likeness (QED) is 0.241. The van der Waals surface area contributed by atoms with E-state index in [-0.39, 0.29) is 51.0 Å². The molecule has 0 bridgehead atoms. The van der Waals surface area contributed by atoms with E-state index in [0.717, 1.165) is 12.8 Å². The maximum atomic E-state index is 3.34. The molecule has 0 aromatic heterocycles. The van der Waals surface area contributed by atoms with E-state index in [1.54, 1.807) is 0 Å². The SMILES string of the molecule is C1C[Si]C1.[C-]1=C(c2ccc3ccccc3c2)C=CC1.[C-]1=C(c2ccc3ccccc3c2)C=CC1.[Cl-].[Cl-].[Zr+4]. The van der Waals surface area contributed by atoms with E-state index in [4.69, 9.17) is 0 Å². The zero-order chi connectivity index (χ0) is 23.0. The second kappa shape index (κ2) is 16.1. The van der Waals surface area contributed by atoms with Crippen LogP contribution in [-0.2, 0) is 26.2 Å². The summed E-state index contributed by atoms with van der Waals surface area (Å²) in [5.41, 5.74) is 4.98.